The number of carboxylic acids is 1. The van der Waals surface area contributed by atoms with Crippen LogP contribution in [0.15, 0.2) is 6.07 Å². The minimum absolute atomic E-state index is 0.408. The fourth-order valence-corrected chi connectivity index (χ4v) is 0.939. The van der Waals surface area contributed by atoms with E-state index in [9.17, 15) is 22.8 Å². The van der Waals surface area contributed by atoms with Crippen LogP contribution < -0.4 is 5.32 Å². The molecule has 0 bridgehead atoms. The van der Waals surface area contributed by atoms with E-state index in [1.165, 1.54) is 5.32 Å². The molecule has 0 fully saturated rings. The van der Waals surface area contributed by atoms with E-state index in [1.807, 2.05) is 0 Å². The van der Waals surface area contributed by atoms with E-state index < -0.39 is 34.8 Å². The molecule has 6 nitrogen and oxygen atoms in total. The number of nitrogens with one attached hydrogen (secondary N) is 1. The molecule has 0 aromatic carbocycles. The number of rotatable bonds is 2. The molecule has 1 heterocycles. The van der Waals surface area contributed by atoms with Crippen LogP contribution in [-0.4, -0.2) is 33.1 Å². The van der Waals surface area contributed by atoms with Gasteiger partial charge in [-0.3, -0.25) is 10.1 Å². The van der Waals surface area contributed by atoms with Gasteiger partial charge >= 0.3 is 18.1 Å². The molecule has 0 unspecified atom stereocenters. The van der Waals surface area contributed by atoms with Crippen LogP contribution in [0.1, 0.15) is 10.5 Å². The van der Waals surface area contributed by atoms with Gasteiger partial charge in [-0.25, -0.2) is 14.8 Å². The van der Waals surface area contributed by atoms with Crippen molar-refractivity contribution in [3.05, 3.63) is 16.9 Å². The van der Waals surface area contributed by atoms with Crippen LogP contribution in [-0.2, 0) is 4.79 Å². The van der Waals surface area contributed by atoms with Gasteiger partial charge in [0.25, 0.3) is 0 Å². The molecule has 0 aliphatic carbocycles. The summed E-state index contributed by atoms with van der Waals surface area (Å²) in [4.78, 5) is 27.4. The minimum Gasteiger partial charge on any atom is -0.477 e. The van der Waals surface area contributed by atoms with Crippen molar-refractivity contribution in [2.75, 3.05) is 5.32 Å². The van der Waals surface area contributed by atoms with Crippen molar-refractivity contribution >= 4 is 29.4 Å². The van der Waals surface area contributed by atoms with E-state index in [4.69, 9.17) is 16.7 Å². The van der Waals surface area contributed by atoms with E-state index in [2.05, 4.69) is 9.97 Å². The SMILES string of the molecule is O=C(O)c1cc(Cl)nc(NC(=O)C(F)(F)F)n1. The van der Waals surface area contributed by atoms with Crippen molar-refractivity contribution in [3.63, 3.8) is 0 Å². The fourth-order valence-electron chi connectivity index (χ4n) is 0.756. The largest absolute Gasteiger partial charge is 0.477 e. The first-order valence-corrected chi connectivity index (χ1v) is 4.24. The van der Waals surface area contributed by atoms with Crippen molar-refractivity contribution in [1.29, 1.82) is 0 Å². The lowest BCUT2D eigenvalue weighted by Crippen LogP contribution is -2.31. The zero-order chi connectivity index (χ0) is 13.2. The summed E-state index contributed by atoms with van der Waals surface area (Å²) < 4.78 is 35.6. The Kier molecular flexibility index (Phi) is 3.51. The number of aromatic nitrogens is 2. The lowest BCUT2D eigenvalue weighted by Gasteiger charge is -2.06. The first-order chi connectivity index (χ1) is 7.70. The minimum atomic E-state index is -5.13. The third-order valence-corrected chi connectivity index (χ3v) is 1.59. The Morgan fingerprint density at radius 1 is 1.35 bits per heavy atom. The van der Waals surface area contributed by atoms with Gasteiger partial charge in [0.15, 0.2) is 5.69 Å². The van der Waals surface area contributed by atoms with Crippen LogP contribution >= 0.6 is 11.6 Å². The zero-order valence-electron chi connectivity index (χ0n) is 7.75. The monoisotopic (exact) mass is 269 g/mol. The van der Waals surface area contributed by atoms with Crippen LogP contribution in [0.4, 0.5) is 19.1 Å². The summed E-state index contributed by atoms with van der Waals surface area (Å²) in [7, 11) is 0. The second-order valence-electron chi connectivity index (χ2n) is 2.66. The molecule has 1 aromatic rings. The van der Waals surface area contributed by atoms with Gasteiger partial charge in [-0.2, -0.15) is 13.2 Å². The number of nitrogens with zero attached hydrogens (tertiary/aromatic N) is 2. The summed E-state index contributed by atoms with van der Waals surface area (Å²) in [5.74, 6) is -4.68. The molecule has 0 atom stereocenters. The topological polar surface area (TPSA) is 92.2 Å². The van der Waals surface area contributed by atoms with Crippen LogP contribution in [0.25, 0.3) is 0 Å². The Bertz CT molecular complexity index is 477. The predicted octanol–water partition coefficient (Wildman–Crippen LogP) is 1.33. The maximum absolute atomic E-state index is 11.9. The molecular weight excluding hydrogens is 267 g/mol. The number of hydrogen-bond acceptors (Lipinski definition) is 4. The number of carbonyl (C=O) groups excluding carboxylic acids is 1. The number of anilines is 1. The molecular formula is C7H3ClF3N3O3. The first kappa shape index (κ1) is 13.2. The summed E-state index contributed by atoms with van der Waals surface area (Å²) in [5, 5.41) is 9.42. The van der Waals surface area contributed by atoms with Crippen LogP contribution in [0.2, 0.25) is 5.15 Å². The van der Waals surface area contributed by atoms with Crippen molar-refractivity contribution < 1.29 is 27.9 Å². The van der Waals surface area contributed by atoms with E-state index in [0.29, 0.717) is 0 Å². The number of amides is 1. The molecule has 0 aliphatic rings. The molecule has 2 N–H and O–H groups in total. The van der Waals surface area contributed by atoms with Crippen LogP contribution in [0.5, 0.6) is 0 Å². The van der Waals surface area contributed by atoms with E-state index in [1.54, 1.807) is 0 Å². The molecule has 10 heteroatoms. The van der Waals surface area contributed by atoms with Gasteiger partial charge in [0.1, 0.15) is 5.15 Å². The normalized spacial score (nSPS) is 11.1. The smallest absolute Gasteiger partial charge is 0.471 e. The number of carbonyl (C=O) groups is 2. The molecule has 0 saturated heterocycles. The molecule has 0 aliphatic heterocycles. The van der Waals surface area contributed by atoms with Crippen molar-refractivity contribution in [1.82, 2.24) is 9.97 Å². The predicted molar refractivity (Wildman–Crippen MR) is 48.7 cm³/mol. The molecule has 1 amide bonds. The number of halogens is 4. The summed E-state index contributed by atoms with van der Waals surface area (Å²) in [6.45, 7) is 0. The molecule has 0 saturated carbocycles. The van der Waals surface area contributed by atoms with Crippen LogP contribution in [0, 0.1) is 0 Å². The summed E-state index contributed by atoms with van der Waals surface area (Å²) in [6, 6.07) is 0.827. The summed E-state index contributed by atoms with van der Waals surface area (Å²) in [6.07, 6.45) is -5.13. The van der Waals surface area contributed by atoms with Gasteiger partial charge in [-0.15, -0.1) is 0 Å². The van der Waals surface area contributed by atoms with Gasteiger partial charge in [-0.1, -0.05) is 11.6 Å². The lowest BCUT2D eigenvalue weighted by atomic mass is 10.4. The Balaban J connectivity index is 3.00. The highest BCUT2D eigenvalue weighted by Gasteiger charge is 2.39. The Labute approximate surface area is 96.4 Å². The van der Waals surface area contributed by atoms with Crippen molar-refractivity contribution in [2.45, 2.75) is 6.18 Å². The maximum Gasteiger partial charge on any atom is 0.471 e. The molecule has 1 aromatic heterocycles. The number of carboxylic acid groups (broad SMARTS) is 1. The van der Waals surface area contributed by atoms with Crippen molar-refractivity contribution in [3.8, 4) is 0 Å². The first-order valence-electron chi connectivity index (χ1n) is 3.86. The highest BCUT2D eigenvalue weighted by atomic mass is 35.5. The molecule has 0 spiro atoms. The van der Waals surface area contributed by atoms with E-state index in [-0.39, 0.29) is 0 Å². The Morgan fingerprint density at radius 3 is 2.41 bits per heavy atom. The Morgan fingerprint density at radius 2 is 1.94 bits per heavy atom. The molecule has 92 valence electrons. The number of alkyl halides is 3. The molecule has 1 rings (SSSR count). The van der Waals surface area contributed by atoms with Crippen LogP contribution in [0.3, 0.4) is 0 Å². The second kappa shape index (κ2) is 4.53. The quantitative estimate of drug-likeness (QED) is 0.790. The third-order valence-electron chi connectivity index (χ3n) is 1.40. The summed E-state index contributed by atoms with van der Waals surface area (Å²) >= 11 is 5.34. The highest BCUT2D eigenvalue weighted by Crippen LogP contribution is 2.17. The van der Waals surface area contributed by atoms with E-state index in [0.717, 1.165) is 6.07 Å². The molecule has 17 heavy (non-hydrogen) atoms. The molecule has 0 radical (unpaired) electrons. The number of aromatic carboxylic acids is 1. The standard InChI is InChI=1S/C7H3ClF3N3O3/c8-3-1-2(4(15)16)12-6(13-3)14-5(17)7(9,10)11/h1H,(H,15,16)(H,12,13,14,17). The van der Waals surface area contributed by atoms with Gasteiger partial charge in [0, 0.05) is 6.07 Å². The third kappa shape index (κ3) is 3.55. The van der Waals surface area contributed by atoms with Crippen molar-refractivity contribution in [2.24, 2.45) is 0 Å². The van der Waals surface area contributed by atoms with Gasteiger partial charge in [0.05, 0.1) is 0 Å². The average Bonchev–Trinajstić information content (AvgIpc) is 2.14. The fraction of sp³-hybridized carbons (Fsp3) is 0.143. The second-order valence-corrected chi connectivity index (χ2v) is 3.04. The van der Waals surface area contributed by atoms with Gasteiger partial charge < -0.3 is 5.11 Å². The lowest BCUT2D eigenvalue weighted by molar-refractivity contribution is -0.167. The average molecular weight is 270 g/mol. The Hall–Kier alpha value is -1.90. The number of hydrogen-bond donors (Lipinski definition) is 2. The van der Waals surface area contributed by atoms with Gasteiger partial charge in [0.2, 0.25) is 5.95 Å². The highest BCUT2D eigenvalue weighted by molar-refractivity contribution is 6.29. The summed E-state index contributed by atoms with van der Waals surface area (Å²) in [5.41, 5.74) is -0.637. The zero-order valence-corrected chi connectivity index (χ0v) is 8.50. The van der Waals surface area contributed by atoms with E-state index >= 15 is 0 Å². The van der Waals surface area contributed by atoms with Gasteiger partial charge in [-0.05, 0) is 0 Å². The maximum atomic E-state index is 11.9.